The van der Waals surface area contributed by atoms with E-state index in [1.54, 1.807) is 0 Å². The van der Waals surface area contributed by atoms with Gasteiger partial charge in [0.25, 0.3) is 0 Å². The largest absolute Gasteiger partial charge is 0.398 e. The zero-order valence-corrected chi connectivity index (χ0v) is 12.8. The Morgan fingerprint density at radius 2 is 2.00 bits per heavy atom. The van der Waals surface area contributed by atoms with Crippen LogP contribution >= 0.6 is 0 Å². The maximum absolute atomic E-state index is 6.14. The fourth-order valence-electron chi connectivity index (χ4n) is 3.29. The molecule has 2 aromatic rings. The van der Waals surface area contributed by atoms with Crippen LogP contribution in [0.1, 0.15) is 50.6 Å². The lowest BCUT2D eigenvalue weighted by atomic mass is 9.96. The van der Waals surface area contributed by atoms with Gasteiger partial charge in [0.15, 0.2) is 5.82 Å². The summed E-state index contributed by atoms with van der Waals surface area (Å²) in [5, 5.41) is 12.4. The second kappa shape index (κ2) is 5.84. The first-order valence-electron chi connectivity index (χ1n) is 7.81. The van der Waals surface area contributed by atoms with Gasteiger partial charge in [0.05, 0.1) is 6.04 Å². The van der Waals surface area contributed by atoms with Crippen LogP contribution in [0.3, 0.4) is 0 Å². The maximum atomic E-state index is 6.14. The van der Waals surface area contributed by atoms with Gasteiger partial charge in [0.2, 0.25) is 0 Å². The molecule has 0 aliphatic heterocycles. The Kier molecular flexibility index (Phi) is 3.90. The third kappa shape index (κ3) is 2.77. The fourth-order valence-corrected chi connectivity index (χ4v) is 3.29. The minimum Gasteiger partial charge on any atom is -0.398 e. The predicted molar refractivity (Wildman–Crippen MR) is 83.7 cm³/mol. The van der Waals surface area contributed by atoms with Crippen molar-refractivity contribution in [3.8, 4) is 11.4 Å². The molecule has 1 aromatic heterocycles. The van der Waals surface area contributed by atoms with Crippen molar-refractivity contribution in [2.45, 2.75) is 52.0 Å². The molecule has 2 unspecified atom stereocenters. The number of aryl methyl sites for hydroxylation is 1. The van der Waals surface area contributed by atoms with E-state index in [-0.39, 0.29) is 0 Å². The Morgan fingerprint density at radius 3 is 2.86 bits per heavy atom. The quantitative estimate of drug-likeness (QED) is 0.678. The van der Waals surface area contributed by atoms with Crippen LogP contribution in [0.4, 0.5) is 5.69 Å². The number of hydrogen-bond acceptors (Lipinski definition) is 4. The van der Waals surface area contributed by atoms with E-state index in [1.807, 2.05) is 16.8 Å². The molecule has 5 heteroatoms. The van der Waals surface area contributed by atoms with E-state index >= 15 is 0 Å². The van der Waals surface area contributed by atoms with E-state index in [1.165, 1.54) is 31.2 Å². The summed E-state index contributed by atoms with van der Waals surface area (Å²) < 4.78 is 2.00. The highest BCUT2D eigenvalue weighted by Crippen LogP contribution is 2.35. The average molecular weight is 285 g/mol. The van der Waals surface area contributed by atoms with Crippen LogP contribution in [0.25, 0.3) is 11.4 Å². The molecule has 1 saturated carbocycles. The van der Waals surface area contributed by atoms with E-state index < -0.39 is 0 Å². The summed E-state index contributed by atoms with van der Waals surface area (Å²) in [6.45, 7) is 4.37. The van der Waals surface area contributed by atoms with Crippen LogP contribution in [0.15, 0.2) is 18.2 Å². The number of aromatic nitrogens is 4. The standard InChI is InChI=1S/C16H23N5/c1-11-8-9-14(17)13(10-11)16-18-19-20-21(16)15-7-5-3-4-6-12(15)2/h8-10,12,15H,3-7,17H2,1-2H3. The number of tetrazole rings is 1. The molecular formula is C16H23N5. The summed E-state index contributed by atoms with van der Waals surface area (Å²) in [4.78, 5) is 0. The van der Waals surface area contributed by atoms with Crippen molar-refractivity contribution in [3.05, 3.63) is 23.8 Å². The molecule has 1 aliphatic rings. The number of hydrogen-bond donors (Lipinski definition) is 1. The van der Waals surface area contributed by atoms with Crippen molar-refractivity contribution in [1.29, 1.82) is 0 Å². The van der Waals surface area contributed by atoms with Crippen molar-refractivity contribution in [2.75, 3.05) is 5.73 Å². The molecule has 1 heterocycles. The Hall–Kier alpha value is -1.91. The summed E-state index contributed by atoms with van der Waals surface area (Å²) in [5.41, 5.74) is 8.98. The molecular weight excluding hydrogens is 262 g/mol. The van der Waals surface area contributed by atoms with Gasteiger partial charge in [-0.15, -0.1) is 5.10 Å². The SMILES string of the molecule is Cc1ccc(N)c(-c2nnnn2C2CCCCCC2C)c1. The minimum absolute atomic E-state index is 0.373. The molecule has 0 radical (unpaired) electrons. The summed E-state index contributed by atoms with van der Waals surface area (Å²) in [6, 6.07) is 6.39. The fraction of sp³-hybridized carbons (Fsp3) is 0.562. The summed E-state index contributed by atoms with van der Waals surface area (Å²) in [6.07, 6.45) is 6.25. The summed E-state index contributed by atoms with van der Waals surface area (Å²) in [5.74, 6) is 1.40. The average Bonchev–Trinajstić information content (AvgIpc) is 2.84. The van der Waals surface area contributed by atoms with Crippen LogP contribution in [0.5, 0.6) is 0 Å². The minimum atomic E-state index is 0.373. The normalized spacial score (nSPS) is 23.0. The van der Waals surface area contributed by atoms with Crippen LogP contribution < -0.4 is 5.73 Å². The molecule has 0 bridgehead atoms. The monoisotopic (exact) mass is 285 g/mol. The van der Waals surface area contributed by atoms with Crippen molar-refractivity contribution in [3.63, 3.8) is 0 Å². The molecule has 3 rings (SSSR count). The molecule has 1 fully saturated rings. The van der Waals surface area contributed by atoms with Gasteiger partial charge in [-0.05, 0) is 48.2 Å². The van der Waals surface area contributed by atoms with Crippen LogP contribution in [-0.4, -0.2) is 20.2 Å². The lowest BCUT2D eigenvalue weighted by molar-refractivity contribution is 0.306. The Labute approximate surface area is 125 Å². The molecule has 1 aliphatic carbocycles. The van der Waals surface area contributed by atoms with E-state index in [9.17, 15) is 0 Å². The number of nitrogens with two attached hydrogens (primary N) is 1. The number of rotatable bonds is 2. The lowest BCUT2D eigenvalue weighted by Crippen LogP contribution is -2.19. The highest BCUT2D eigenvalue weighted by molar-refractivity contribution is 5.72. The number of nitrogens with zero attached hydrogens (tertiary/aromatic N) is 4. The summed E-state index contributed by atoms with van der Waals surface area (Å²) in [7, 11) is 0. The molecule has 0 saturated heterocycles. The molecule has 1 aromatic carbocycles. The molecule has 0 spiro atoms. The molecule has 0 amide bonds. The second-order valence-corrected chi connectivity index (χ2v) is 6.22. The number of anilines is 1. The van der Waals surface area contributed by atoms with Gasteiger partial charge in [-0.25, -0.2) is 4.68 Å². The highest BCUT2D eigenvalue weighted by Gasteiger charge is 2.26. The molecule has 2 N–H and O–H groups in total. The highest BCUT2D eigenvalue weighted by atomic mass is 15.5. The smallest absolute Gasteiger partial charge is 0.184 e. The van der Waals surface area contributed by atoms with Gasteiger partial charge < -0.3 is 5.73 Å². The number of nitrogen functional groups attached to an aromatic ring is 1. The van der Waals surface area contributed by atoms with Crippen molar-refractivity contribution in [2.24, 2.45) is 5.92 Å². The van der Waals surface area contributed by atoms with Crippen LogP contribution in [0, 0.1) is 12.8 Å². The van der Waals surface area contributed by atoms with E-state index in [0.29, 0.717) is 12.0 Å². The maximum Gasteiger partial charge on any atom is 0.184 e. The van der Waals surface area contributed by atoms with Gasteiger partial charge in [0, 0.05) is 11.3 Å². The molecule has 21 heavy (non-hydrogen) atoms. The number of benzene rings is 1. The first kappa shape index (κ1) is 14.0. The van der Waals surface area contributed by atoms with E-state index in [2.05, 4.69) is 35.4 Å². The molecule has 112 valence electrons. The first-order chi connectivity index (χ1) is 10.2. The Bertz CT molecular complexity index is 619. The van der Waals surface area contributed by atoms with Gasteiger partial charge in [-0.2, -0.15) is 0 Å². The zero-order chi connectivity index (χ0) is 14.8. The van der Waals surface area contributed by atoms with Crippen molar-refractivity contribution >= 4 is 5.69 Å². The third-order valence-electron chi connectivity index (χ3n) is 4.57. The van der Waals surface area contributed by atoms with E-state index in [0.717, 1.165) is 23.5 Å². The topological polar surface area (TPSA) is 69.6 Å². The molecule has 2 atom stereocenters. The van der Waals surface area contributed by atoms with Crippen LogP contribution in [0.2, 0.25) is 0 Å². The van der Waals surface area contributed by atoms with Crippen molar-refractivity contribution < 1.29 is 0 Å². The molecule has 5 nitrogen and oxygen atoms in total. The summed E-state index contributed by atoms with van der Waals surface area (Å²) >= 11 is 0. The predicted octanol–water partition coefficient (Wildman–Crippen LogP) is 3.37. The second-order valence-electron chi connectivity index (χ2n) is 6.22. The van der Waals surface area contributed by atoms with Crippen molar-refractivity contribution in [1.82, 2.24) is 20.2 Å². The zero-order valence-electron chi connectivity index (χ0n) is 12.8. The van der Waals surface area contributed by atoms with Crippen LogP contribution in [-0.2, 0) is 0 Å². The Morgan fingerprint density at radius 1 is 1.19 bits per heavy atom. The van der Waals surface area contributed by atoms with Gasteiger partial charge >= 0.3 is 0 Å². The lowest BCUT2D eigenvalue weighted by Gasteiger charge is -2.22. The van der Waals surface area contributed by atoms with E-state index in [4.69, 9.17) is 5.73 Å². The first-order valence-corrected chi connectivity index (χ1v) is 7.81. The van der Waals surface area contributed by atoms with Gasteiger partial charge in [0.1, 0.15) is 0 Å². The van der Waals surface area contributed by atoms with Gasteiger partial charge in [-0.1, -0.05) is 37.8 Å². The third-order valence-corrected chi connectivity index (χ3v) is 4.57. The van der Waals surface area contributed by atoms with Gasteiger partial charge in [-0.3, -0.25) is 0 Å². The Balaban J connectivity index is 2.02.